The minimum atomic E-state index is -1.20. The van der Waals surface area contributed by atoms with Crippen molar-refractivity contribution >= 4 is 29.1 Å². The molecule has 5 nitrogen and oxygen atoms in total. The zero-order valence-electron chi connectivity index (χ0n) is 17.1. The average molecular weight is 458 g/mol. The maximum Gasteiger partial charge on any atom is 0.118 e. The van der Waals surface area contributed by atoms with Crippen LogP contribution in [0.5, 0.6) is 5.75 Å². The fourth-order valence-corrected chi connectivity index (χ4v) is 4.82. The second kappa shape index (κ2) is 9.69. The number of carbonyl (C=O) groups is 1. The van der Waals surface area contributed by atoms with Gasteiger partial charge < -0.3 is 14.6 Å². The second-order valence-electron chi connectivity index (χ2n) is 6.83. The summed E-state index contributed by atoms with van der Waals surface area (Å²) < 4.78 is 5.26. The Bertz CT molecular complexity index is 1280. The van der Waals surface area contributed by atoms with Gasteiger partial charge in [-0.25, -0.2) is 4.98 Å². The standard InChI is InChI=1S/C25H18N2O3S2/c1-30-19-10-8-17(9-11-19)20-13-22(23-3-2-12-31-23)27-24(21(20)14-26)32-15-16-4-6-18(7-5-16)25(28)29/h2-13H,15H2,1H3,(H,28,29)/p-1. The number of hydrogen-bond donors (Lipinski definition) is 0. The Kier molecular flexibility index (Phi) is 6.55. The fourth-order valence-electron chi connectivity index (χ4n) is 3.17. The zero-order valence-corrected chi connectivity index (χ0v) is 18.7. The smallest absolute Gasteiger partial charge is 0.118 e. The van der Waals surface area contributed by atoms with E-state index in [0.29, 0.717) is 16.3 Å². The van der Waals surface area contributed by atoms with Crippen molar-refractivity contribution in [3.63, 3.8) is 0 Å². The third kappa shape index (κ3) is 4.67. The quantitative estimate of drug-likeness (QED) is 0.363. The van der Waals surface area contributed by atoms with Crippen molar-refractivity contribution in [3.8, 4) is 33.5 Å². The Hall–Kier alpha value is -3.60. The lowest BCUT2D eigenvalue weighted by molar-refractivity contribution is -0.255. The average Bonchev–Trinajstić information content (AvgIpc) is 3.37. The Morgan fingerprint density at radius 1 is 1.16 bits per heavy atom. The van der Waals surface area contributed by atoms with Crippen LogP contribution >= 0.6 is 23.1 Å². The molecule has 0 aliphatic carbocycles. The summed E-state index contributed by atoms with van der Waals surface area (Å²) in [5.41, 5.74) is 4.09. The Balaban J connectivity index is 1.73. The van der Waals surface area contributed by atoms with Gasteiger partial charge in [0.25, 0.3) is 0 Å². The normalized spacial score (nSPS) is 10.5. The number of benzene rings is 2. The topological polar surface area (TPSA) is 86.0 Å². The summed E-state index contributed by atoms with van der Waals surface area (Å²) in [7, 11) is 1.62. The van der Waals surface area contributed by atoms with Crippen molar-refractivity contribution in [2.45, 2.75) is 10.8 Å². The van der Waals surface area contributed by atoms with Gasteiger partial charge in [-0.2, -0.15) is 5.26 Å². The van der Waals surface area contributed by atoms with Crippen molar-refractivity contribution in [2.75, 3.05) is 7.11 Å². The summed E-state index contributed by atoms with van der Waals surface area (Å²) >= 11 is 3.04. The molecule has 2 aromatic heterocycles. The number of ether oxygens (including phenoxy) is 1. The van der Waals surface area contributed by atoms with Gasteiger partial charge in [-0.1, -0.05) is 42.5 Å². The highest BCUT2D eigenvalue weighted by atomic mass is 32.2. The van der Waals surface area contributed by atoms with Gasteiger partial charge >= 0.3 is 0 Å². The number of nitriles is 1. The van der Waals surface area contributed by atoms with Gasteiger partial charge in [-0.3, -0.25) is 0 Å². The van der Waals surface area contributed by atoms with Gasteiger partial charge in [0.15, 0.2) is 0 Å². The molecule has 158 valence electrons. The number of aromatic carboxylic acids is 1. The summed E-state index contributed by atoms with van der Waals surface area (Å²) in [5.74, 6) is 0.0881. The van der Waals surface area contributed by atoms with Gasteiger partial charge in [-0.05, 0) is 46.3 Å². The summed E-state index contributed by atoms with van der Waals surface area (Å²) in [6.07, 6.45) is 0. The molecule has 0 atom stereocenters. The van der Waals surface area contributed by atoms with Crippen molar-refractivity contribution in [2.24, 2.45) is 0 Å². The number of carbonyl (C=O) groups excluding carboxylic acids is 1. The Morgan fingerprint density at radius 2 is 1.91 bits per heavy atom. The molecule has 0 N–H and O–H groups in total. The number of nitrogens with zero attached hydrogens (tertiary/aromatic N) is 2. The van der Waals surface area contributed by atoms with Gasteiger partial charge in [0.1, 0.15) is 16.8 Å². The van der Waals surface area contributed by atoms with Crippen molar-refractivity contribution in [1.82, 2.24) is 4.98 Å². The molecule has 0 fully saturated rings. The highest BCUT2D eigenvalue weighted by Gasteiger charge is 2.16. The van der Waals surface area contributed by atoms with Gasteiger partial charge in [0, 0.05) is 11.3 Å². The lowest BCUT2D eigenvalue weighted by Crippen LogP contribution is -2.21. The van der Waals surface area contributed by atoms with E-state index >= 15 is 0 Å². The Labute approximate surface area is 194 Å². The molecule has 0 aliphatic rings. The van der Waals surface area contributed by atoms with Crippen molar-refractivity contribution < 1.29 is 14.6 Å². The Morgan fingerprint density at radius 3 is 2.50 bits per heavy atom. The van der Waals surface area contributed by atoms with E-state index in [-0.39, 0.29) is 5.56 Å². The number of methoxy groups -OCH3 is 1. The summed E-state index contributed by atoms with van der Waals surface area (Å²) in [5, 5.41) is 23.6. The SMILES string of the molecule is COc1ccc(-c2cc(-c3cccs3)nc(SCc3ccc(C(=O)[O-])cc3)c2C#N)cc1. The van der Waals surface area contributed by atoms with E-state index in [9.17, 15) is 15.2 Å². The summed E-state index contributed by atoms with van der Waals surface area (Å²) in [6.45, 7) is 0. The van der Waals surface area contributed by atoms with Crippen LogP contribution in [-0.2, 0) is 5.75 Å². The molecule has 0 radical (unpaired) electrons. The molecule has 32 heavy (non-hydrogen) atoms. The third-order valence-electron chi connectivity index (χ3n) is 4.84. The lowest BCUT2D eigenvalue weighted by atomic mass is 10.0. The van der Waals surface area contributed by atoms with E-state index in [0.717, 1.165) is 33.0 Å². The zero-order chi connectivity index (χ0) is 22.5. The van der Waals surface area contributed by atoms with E-state index in [1.807, 2.05) is 47.8 Å². The largest absolute Gasteiger partial charge is 0.545 e. The van der Waals surface area contributed by atoms with Crippen molar-refractivity contribution in [1.29, 1.82) is 5.26 Å². The molecule has 4 aromatic rings. The van der Waals surface area contributed by atoms with Crippen LogP contribution in [0.4, 0.5) is 0 Å². The number of carboxylic acids is 1. The number of hydrogen-bond acceptors (Lipinski definition) is 7. The molecule has 4 rings (SSSR count). The first-order chi connectivity index (χ1) is 15.6. The predicted molar refractivity (Wildman–Crippen MR) is 125 cm³/mol. The molecule has 2 heterocycles. The van der Waals surface area contributed by atoms with E-state index in [2.05, 4.69) is 6.07 Å². The first kappa shape index (κ1) is 21.6. The third-order valence-corrected chi connectivity index (χ3v) is 6.78. The number of carboxylic acid groups (broad SMARTS) is 1. The van der Waals surface area contributed by atoms with Crippen LogP contribution in [0.2, 0.25) is 0 Å². The summed E-state index contributed by atoms with van der Waals surface area (Å²) in [6, 6.07) is 22.4. The first-order valence-electron chi connectivity index (χ1n) is 9.65. The molecule has 0 spiro atoms. The number of aromatic nitrogens is 1. The molecule has 0 amide bonds. The van der Waals surface area contributed by atoms with Gasteiger partial charge in [0.2, 0.25) is 0 Å². The van der Waals surface area contributed by atoms with Crippen LogP contribution < -0.4 is 9.84 Å². The van der Waals surface area contributed by atoms with E-state index < -0.39 is 5.97 Å². The molecule has 0 saturated heterocycles. The van der Waals surface area contributed by atoms with Crippen LogP contribution in [0.25, 0.3) is 21.7 Å². The van der Waals surface area contributed by atoms with Crippen LogP contribution in [0, 0.1) is 11.3 Å². The first-order valence-corrected chi connectivity index (χ1v) is 11.5. The monoisotopic (exact) mass is 457 g/mol. The number of thiophene rings is 1. The highest BCUT2D eigenvalue weighted by molar-refractivity contribution is 7.98. The number of thioether (sulfide) groups is 1. The van der Waals surface area contributed by atoms with Gasteiger partial charge in [0.05, 0.1) is 29.2 Å². The van der Waals surface area contributed by atoms with E-state index in [1.54, 1.807) is 30.6 Å². The maximum absolute atomic E-state index is 11.0. The molecule has 2 aromatic carbocycles. The van der Waals surface area contributed by atoms with Crippen LogP contribution in [-0.4, -0.2) is 18.1 Å². The molecule has 7 heteroatoms. The number of rotatable bonds is 7. The van der Waals surface area contributed by atoms with Crippen molar-refractivity contribution in [3.05, 3.63) is 88.8 Å². The van der Waals surface area contributed by atoms with Crippen LogP contribution in [0.15, 0.2) is 77.1 Å². The maximum atomic E-state index is 11.0. The second-order valence-corrected chi connectivity index (χ2v) is 8.74. The predicted octanol–water partition coefficient (Wildman–Crippen LogP) is 5.01. The van der Waals surface area contributed by atoms with Crippen LogP contribution in [0.1, 0.15) is 21.5 Å². The molecule has 0 aliphatic heterocycles. The van der Waals surface area contributed by atoms with E-state index in [1.165, 1.54) is 23.9 Å². The molecular formula is C25H17N2O3S2-. The lowest BCUT2D eigenvalue weighted by Gasteiger charge is -2.12. The van der Waals surface area contributed by atoms with E-state index in [4.69, 9.17) is 9.72 Å². The minimum Gasteiger partial charge on any atom is -0.545 e. The molecule has 0 unspecified atom stereocenters. The minimum absolute atomic E-state index is 0.135. The highest BCUT2D eigenvalue weighted by Crippen LogP contribution is 2.36. The molecule has 0 bridgehead atoms. The molecular weight excluding hydrogens is 440 g/mol. The summed E-state index contributed by atoms with van der Waals surface area (Å²) in [4.78, 5) is 16.8. The molecule has 0 saturated carbocycles. The van der Waals surface area contributed by atoms with Gasteiger partial charge in [-0.15, -0.1) is 23.1 Å². The van der Waals surface area contributed by atoms with Crippen LogP contribution in [0.3, 0.4) is 0 Å². The number of pyridine rings is 1. The fraction of sp³-hybridized carbons (Fsp3) is 0.0800.